The Kier molecular flexibility index (Phi) is 5.92. The van der Waals surface area contributed by atoms with Crippen molar-refractivity contribution >= 4 is 39.9 Å². The summed E-state index contributed by atoms with van der Waals surface area (Å²) in [6.45, 7) is 3.34. The number of nitrogens with zero attached hydrogens (tertiary/aromatic N) is 1. The highest BCUT2D eigenvalue weighted by molar-refractivity contribution is 6.31. The Bertz CT molecular complexity index is 896. The van der Waals surface area contributed by atoms with Crippen LogP contribution in [0.3, 0.4) is 0 Å². The van der Waals surface area contributed by atoms with E-state index in [1.807, 2.05) is 55.5 Å². The number of hydrogen-bond donors (Lipinski definition) is 3. The number of amides is 2. The fourth-order valence-electron chi connectivity index (χ4n) is 2.60. The van der Waals surface area contributed by atoms with Gasteiger partial charge in [-0.2, -0.15) is 0 Å². The van der Waals surface area contributed by atoms with Gasteiger partial charge in [-0.3, -0.25) is 4.98 Å². The number of urea groups is 1. The zero-order chi connectivity index (χ0) is 18.4. The van der Waals surface area contributed by atoms with Crippen LogP contribution >= 0.6 is 11.6 Å². The molecule has 0 unspecified atom stereocenters. The highest BCUT2D eigenvalue weighted by atomic mass is 35.5. The minimum atomic E-state index is -0.196. The van der Waals surface area contributed by atoms with Gasteiger partial charge in [-0.1, -0.05) is 29.3 Å². The molecule has 6 heteroatoms. The van der Waals surface area contributed by atoms with Gasteiger partial charge in [0.05, 0.1) is 5.52 Å². The van der Waals surface area contributed by atoms with E-state index in [1.165, 1.54) is 0 Å². The topological polar surface area (TPSA) is 66.1 Å². The van der Waals surface area contributed by atoms with Gasteiger partial charge in [-0.05, 0) is 49.7 Å². The van der Waals surface area contributed by atoms with Crippen molar-refractivity contribution in [2.45, 2.75) is 13.3 Å². The van der Waals surface area contributed by atoms with Gasteiger partial charge in [0.15, 0.2) is 0 Å². The lowest BCUT2D eigenvalue weighted by Crippen LogP contribution is -2.30. The minimum Gasteiger partial charge on any atom is -0.384 e. The summed E-state index contributed by atoms with van der Waals surface area (Å²) < 4.78 is 0. The molecule has 0 saturated carbocycles. The van der Waals surface area contributed by atoms with Crippen molar-refractivity contribution in [3.05, 3.63) is 65.3 Å². The minimum absolute atomic E-state index is 0.196. The van der Waals surface area contributed by atoms with Gasteiger partial charge in [0, 0.05) is 41.1 Å². The van der Waals surface area contributed by atoms with Crippen molar-refractivity contribution in [1.29, 1.82) is 0 Å². The number of halogens is 1. The molecule has 0 bridgehead atoms. The van der Waals surface area contributed by atoms with Crippen molar-refractivity contribution in [1.82, 2.24) is 10.3 Å². The molecule has 3 rings (SSSR count). The predicted molar refractivity (Wildman–Crippen MR) is 108 cm³/mol. The van der Waals surface area contributed by atoms with Crippen LogP contribution in [0.5, 0.6) is 0 Å². The fourth-order valence-corrected chi connectivity index (χ4v) is 2.77. The lowest BCUT2D eigenvalue weighted by Gasteiger charge is -2.11. The van der Waals surface area contributed by atoms with Gasteiger partial charge < -0.3 is 16.0 Å². The number of fused-ring (bicyclic) bond motifs is 1. The summed E-state index contributed by atoms with van der Waals surface area (Å²) in [5.41, 5.74) is 3.81. The summed E-state index contributed by atoms with van der Waals surface area (Å²) in [6, 6.07) is 15.1. The molecule has 3 N–H and O–H groups in total. The normalized spacial score (nSPS) is 10.5. The highest BCUT2D eigenvalue weighted by Crippen LogP contribution is 2.24. The Labute approximate surface area is 157 Å². The second kappa shape index (κ2) is 8.54. The molecule has 0 aliphatic rings. The Morgan fingerprint density at radius 2 is 1.88 bits per heavy atom. The average molecular weight is 369 g/mol. The highest BCUT2D eigenvalue weighted by Gasteiger charge is 2.03. The summed E-state index contributed by atoms with van der Waals surface area (Å²) in [6.07, 6.45) is 2.56. The fraction of sp³-hybridized carbons (Fsp3) is 0.200. The van der Waals surface area contributed by atoms with Crippen LogP contribution in [0.1, 0.15) is 12.0 Å². The van der Waals surface area contributed by atoms with Crippen LogP contribution in [-0.2, 0) is 0 Å². The second-order valence-corrected chi connectivity index (χ2v) is 6.48. The Hall–Kier alpha value is -2.79. The molecule has 3 aromatic rings. The summed E-state index contributed by atoms with van der Waals surface area (Å²) in [5, 5.41) is 10.8. The van der Waals surface area contributed by atoms with Gasteiger partial charge in [0.25, 0.3) is 0 Å². The van der Waals surface area contributed by atoms with Crippen LogP contribution in [0.4, 0.5) is 16.2 Å². The molecule has 2 aromatic carbocycles. The molecule has 0 aliphatic carbocycles. The van der Waals surface area contributed by atoms with Crippen LogP contribution in [-0.4, -0.2) is 24.1 Å². The first-order valence-electron chi connectivity index (χ1n) is 8.51. The Morgan fingerprint density at radius 1 is 1.08 bits per heavy atom. The molecule has 1 aromatic heterocycles. The van der Waals surface area contributed by atoms with E-state index in [4.69, 9.17) is 11.6 Å². The molecule has 5 nitrogen and oxygen atoms in total. The van der Waals surface area contributed by atoms with Gasteiger partial charge in [0.1, 0.15) is 0 Å². The summed E-state index contributed by atoms with van der Waals surface area (Å²) in [5.74, 6) is 0. The van der Waals surface area contributed by atoms with Gasteiger partial charge in [-0.25, -0.2) is 4.79 Å². The monoisotopic (exact) mass is 368 g/mol. The predicted octanol–water partition coefficient (Wildman–Crippen LogP) is 4.82. The molecule has 2 amide bonds. The second-order valence-electron chi connectivity index (χ2n) is 6.05. The van der Waals surface area contributed by atoms with Crippen LogP contribution in [0.15, 0.2) is 54.7 Å². The van der Waals surface area contributed by atoms with Crippen LogP contribution in [0.25, 0.3) is 10.9 Å². The molecule has 0 saturated heterocycles. The molecular formula is C20H21ClN4O. The van der Waals surface area contributed by atoms with E-state index in [0.717, 1.165) is 40.8 Å². The number of carbonyl (C=O) groups is 1. The molecule has 0 atom stereocenters. The summed E-state index contributed by atoms with van der Waals surface area (Å²) in [4.78, 5) is 16.2. The van der Waals surface area contributed by atoms with Gasteiger partial charge in [0.2, 0.25) is 0 Å². The molecule has 26 heavy (non-hydrogen) atoms. The number of carbonyl (C=O) groups excluding carboxylic acids is 1. The van der Waals surface area contributed by atoms with E-state index in [9.17, 15) is 4.79 Å². The average Bonchev–Trinajstić information content (AvgIpc) is 2.63. The number of aromatic nitrogens is 1. The zero-order valence-corrected chi connectivity index (χ0v) is 15.3. The first kappa shape index (κ1) is 18.0. The smallest absolute Gasteiger partial charge is 0.319 e. The van der Waals surface area contributed by atoms with E-state index < -0.39 is 0 Å². The van der Waals surface area contributed by atoms with E-state index in [2.05, 4.69) is 20.9 Å². The SMILES string of the molecule is Cc1ccc(NC(=O)NCCCNc2ccnc3cc(Cl)ccc23)cc1. The van der Waals surface area contributed by atoms with Gasteiger partial charge >= 0.3 is 6.03 Å². The third-order valence-electron chi connectivity index (χ3n) is 3.97. The van der Waals surface area contributed by atoms with E-state index in [1.54, 1.807) is 6.20 Å². The quantitative estimate of drug-likeness (QED) is 0.546. The first-order valence-corrected chi connectivity index (χ1v) is 8.89. The summed E-state index contributed by atoms with van der Waals surface area (Å²) in [7, 11) is 0. The van der Waals surface area contributed by atoms with Crippen molar-refractivity contribution in [2.24, 2.45) is 0 Å². The molecule has 0 aliphatic heterocycles. The molecule has 0 spiro atoms. The number of anilines is 2. The molecule has 134 valence electrons. The first-order chi connectivity index (χ1) is 12.6. The lowest BCUT2D eigenvalue weighted by molar-refractivity contribution is 0.252. The Balaban J connectivity index is 1.43. The third-order valence-corrected chi connectivity index (χ3v) is 4.20. The molecule has 0 fully saturated rings. The maximum atomic E-state index is 11.9. The van der Waals surface area contributed by atoms with E-state index in [0.29, 0.717) is 11.6 Å². The number of nitrogens with one attached hydrogen (secondary N) is 3. The number of hydrogen-bond acceptors (Lipinski definition) is 3. The zero-order valence-electron chi connectivity index (χ0n) is 14.6. The number of rotatable bonds is 6. The lowest BCUT2D eigenvalue weighted by atomic mass is 10.2. The van der Waals surface area contributed by atoms with Gasteiger partial charge in [-0.15, -0.1) is 0 Å². The Morgan fingerprint density at radius 3 is 2.69 bits per heavy atom. The molecule has 1 heterocycles. The molecule has 0 radical (unpaired) electrons. The molecular weight excluding hydrogens is 348 g/mol. The maximum absolute atomic E-state index is 11.9. The van der Waals surface area contributed by atoms with Crippen LogP contribution in [0.2, 0.25) is 5.02 Å². The maximum Gasteiger partial charge on any atom is 0.319 e. The van der Waals surface area contributed by atoms with E-state index in [-0.39, 0.29) is 6.03 Å². The third kappa shape index (κ3) is 4.86. The summed E-state index contributed by atoms with van der Waals surface area (Å²) >= 11 is 6.01. The number of aryl methyl sites for hydroxylation is 1. The number of pyridine rings is 1. The standard InChI is InChI=1S/C20H21ClN4O/c1-14-3-6-16(7-4-14)25-20(26)24-11-2-10-22-18-9-12-23-19-13-15(21)5-8-17(18)19/h3-9,12-13H,2,10-11H2,1H3,(H,22,23)(H2,24,25,26). The van der Waals surface area contributed by atoms with Crippen molar-refractivity contribution in [2.75, 3.05) is 23.7 Å². The largest absolute Gasteiger partial charge is 0.384 e. The van der Waals surface area contributed by atoms with Crippen molar-refractivity contribution in [3.8, 4) is 0 Å². The van der Waals surface area contributed by atoms with Crippen LogP contribution < -0.4 is 16.0 Å². The van der Waals surface area contributed by atoms with E-state index >= 15 is 0 Å². The van der Waals surface area contributed by atoms with Crippen molar-refractivity contribution in [3.63, 3.8) is 0 Å². The number of benzene rings is 2. The van der Waals surface area contributed by atoms with Crippen LogP contribution in [0, 0.1) is 6.92 Å². The van der Waals surface area contributed by atoms with Crippen molar-refractivity contribution < 1.29 is 4.79 Å².